The monoisotopic (exact) mass is 268 g/mol. The van der Waals surface area contributed by atoms with Crippen molar-refractivity contribution in [1.29, 1.82) is 0 Å². The summed E-state index contributed by atoms with van der Waals surface area (Å²) in [6.07, 6.45) is 5.71. The zero-order chi connectivity index (χ0) is 13.9. The summed E-state index contributed by atoms with van der Waals surface area (Å²) < 4.78 is 0. The number of nitrogens with one attached hydrogen (secondary N) is 1. The van der Waals surface area contributed by atoms with Crippen LogP contribution in [0, 0.1) is 0 Å². The van der Waals surface area contributed by atoms with Gasteiger partial charge in [0.1, 0.15) is 5.54 Å². The third-order valence-corrected chi connectivity index (χ3v) is 4.42. The molecule has 0 aromatic heterocycles. The minimum Gasteiger partial charge on any atom is -0.479 e. The van der Waals surface area contributed by atoms with E-state index in [-0.39, 0.29) is 11.9 Å². The summed E-state index contributed by atoms with van der Waals surface area (Å²) in [6, 6.07) is -0.178. The lowest BCUT2D eigenvalue weighted by atomic mass is 9.89. The zero-order valence-electron chi connectivity index (χ0n) is 11.7. The fourth-order valence-corrected chi connectivity index (χ4v) is 3.45. The summed E-state index contributed by atoms with van der Waals surface area (Å²) in [5.74, 6) is -0.843. The molecular weight excluding hydrogens is 244 g/mol. The summed E-state index contributed by atoms with van der Waals surface area (Å²) in [7, 11) is 0. The molecule has 0 spiro atoms. The molecule has 0 saturated carbocycles. The summed E-state index contributed by atoms with van der Waals surface area (Å²) in [5, 5.41) is 12.8. The van der Waals surface area contributed by atoms with E-state index in [0.29, 0.717) is 19.4 Å². The van der Waals surface area contributed by atoms with E-state index < -0.39 is 11.5 Å². The zero-order valence-corrected chi connectivity index (χ0v) is 11.7. The van der Waals surface area contributed by atoms with Crippen LogP contribution in [0.5, 0.6) is 0 Å². The summed E-state index contributed by atoms with van der Waals surface area (Å²) in [6.45, 7) is 3.42. The average Bonchev–Trinajstić information content (AvgIpc) is 2.84. The summed E-state index contributed by atoms with van der Waals surface area (Å²) >= 11 is 0. The first-order valence-corrected chi connectivity index (χ1v) is 7.40. The molecule has 0 aromatic carbocycles. The van der Waals surface area contributed by atoms with Crippen molar-refractivity contribution < 1.29 is 14.7 Å². The van der Waals surface area contributed by atoms with Gasteiger partial charge in [-0.15, -0.1) is 0 Å². The van der Waals surface area contributed by atoms with Gasteiger partial charge in [-0.05, 0) is 38.6 Å². The Labute approximate surface area is 114 Å². The van der Waals surface area contributed by atoms with Crippen LogP contribution in [0.25, 0.3) is 0 Å². The molecular formula is C14H24N2O3. The Bertz CT molecular complexity index is 353. The predicted octanol–water partition coefficient (Wildman–Crippen LogP) is 1.37. The molecule has 2 atom stereocenters. The Morgan fingerprint density at radius 3 is 2.74 bits per heavy atom. The third kappa shape index (κ3) is 2.61. The number of carboxylic acid groups (broad SMARTS) is 1. The number of rotatable bonds is 4. The number of carboxylic acids is 1. The molecule has 5 nitrogen and oxygen atoms in total. The van der Waals surface area contributed by atoms with Crippen molar-refractivity contribution in [3.05, 3.63) is 0 Å². The molecule has 2 heterocycles. The second-order valence-corrected chi connectivity index (χ2v) is 5.68. The highest BCUT2D eigenvalue weighted by Gasteiger charge is 2.50. The topological polar surface area (TPSA) is 69.6 Å². The molecule has 2 saturated heterocycles. The van der Waals surface area contributed by atoms with Gasteiger partial charge in [-0.2, -0.15) is 0 Å². The van der Waals surface area contributed by atoms with Crippen LogP contribution in [-0.4, -0.2) is 46.6 Å². The fourth-order valence-electron chi connectivity index (χ4n) is 3.45. The highest BCUT2D eigenvalue weighted by Crippen LogP contribution is 2.35. The molecule has 2 aliphatic heterocycles. The molecule has 1 unspecified atom stereocenters. The summed E-state index contributed by atoms with van der Waals surface area (Å²) in [4.78, 5) is 25.9. The smallest absolute Gasteiger partial charge is 0.329 e. The molecule has 108 valence electrons. The molecule has 2 fully saturated rings. The molecule has 0 bridgehead atoms. The van der Waals surface area contributed by atoms with Gasteiger partial charge in [-0.25, -0.2) is 4.79 Å². The Morgan fingerprint density at radius 1 is 1.37 bits per heavy atom. The van der Waals surface area contributed by atoms with Crippen molar-refractivity contribution in [2.24, 2.45) is 0 Å². The fraction of sp³-hybridized carbons (Fsp3) is 0.857. The van der Waals surface area contributed by atoms with Crippen molar-refractivity contribution >= 4 is 11.9 Å². The van der Waals surface area contributed by atoms with Gasteiger partial charge in [0.25, 0.3) is 0 Å². The van der Waals surface area contributed by atoms with Crippen LogP contribution in [0.1, 0.15) is 51.9 Å². The van der Waals surface area contributed by atoms with E-state index in [1.807, 2.05) is 6.92 Å². The van der Waals surface area contributed by atoms with Gasteiger partial charge in [0.05, 0.1) is 6.04 Å². The Morgan fingerprint density at radius 2 is 2.16 bits per heavy atom. The lowest BCUT2D eigenvalue weighted by Gasteiger charge is -2.37. The largest absolute Gasteiger partial charge is 0.479 e. The van der Waals surface area contributed by atoms with Gasteiger partial charge in [-0.3, -0.25) is 4.79 Å². The van der Waals surface area contributed by atoms with Crippen LogP contribution in [-0.2, 0) is 9.59 Å². The van der Waals surface area contributed by atoms with Crippen molar-refractivity contribution in [2.45, 2.75) is 63.5 Å². The van der Waals surface area contributed by atoms with Gasteiger partial charge >= 0.3 is 5.97 Å². The first kappa shape index (κ1) is 14.3. The van der Waals surface area contributed by atoms with Crippen molar-refractivity contribution in [3.8, 4) is 0 Å². The van der Waals surface area contributed by atoms with E-state index in [9.17, 15) is 14.7 Å². The number of hydrogen-bond donors (Lipinski definition) is 2. The number of likely N-dealkylation sites (tertiary alicyclic amines) is 1. The van der Waals surface area contributed by atoms with E-state index >= 15 is 0 Å². The second-order valence-electron chi connectivity index (χ2n) is 5.68. The van der Waals surface area contributed by atoms with Crippen LogP contribution in [0.15, 0.2) is 0 Å². The molecule has 0 aromatic rings. The number of piperidine rings is 1. The molecule has 2 aliphatic rings. The predicted molar refractivity (Wildman–Crippen MR) is 71.9 cm³/mol. The van der Waals surface area contributed by atoms with Gasteiger partial charge in [0.2, 0.25) is 5.91 Å². The standard InChI is InChI=1S/C14H24N2O3/c1-2-7-14(13(18)19)8-5-10-16(14)12(17)11-6-3-4-9-15-11/h11,15H,2-10H2,1H3,(H,18,19)/t11-,14?/m1/s1. The van der Waals surface area contributed by atoms with E-state index in [2.05, 4.69) is 5.32 Å². The lowest BCUT2D eigenvalue weighted by Crippen LogP contribution is -2.58. The van der Waals surface area contributed by atoms with E-state index in [0.717, 1.165) is 38.6 Å². The van der Waals surface area contributed by atoms with Crippen molar-refractivity contribution in [3.63, 3.8) is 0 Å². The molecule has 1 amide bonds. The minimum atomic E-state index is -0.953. The highest BCUT2D eigenvalue weighted by molar-refractivity contribution is 5.90. The number of carbonyl (C=O) groups excluding carboxylic acids is 1. The maximum absolute atomic E-state index is 12.6. The van der Waals surface area contributed by atoms with E-state index in [1.165, 1.54) is 0 Å². The quantitative estimate of drug-likeness (QED) is 0.808. The molecule has 2 N–H and O–H groups in total. The SMILES string of the molecule is CCCC1(C(=O)O)CCCN1C(=O)[C@H]1CCCCN1. The van der Waals surface area contributed by atoms with Crippen LogP contribution in [0.4, 0.5) is 0 Å². The number of aliphatic carboxylic acids is 1. The number of nitrogens with zero attached hydrogens (tertiary/aromatic N) is 1. The van der Waals surface area contributed by atoms with Crippen LogP contribution >= 0.6 is 0 Å². The molecule has 0 aliphatic carbocycles. The van der Waals surface area contributed by atoms with Gasteiger partial charge < -0.3 is 15.3 Å². The van der Waals surface area contributed by atoms with E-state index in [4.69, 9.17) is 0 Å². The van der Waals surface area contributed by atoms with Gasteiger partial charge in [0, 0.05) is 6.54 Å². The van der Waals surface area contributed by atoms with Crippen molar-refractivity contribution in [2.75, 3.05) is 13.1 Å². The van der Waals surface area contributed by atoms with Crippen LogP contribution in [0.2, 0.25) is 0 Å². The highest BCUT2D eigenvalue weighted by atomic mass is 16.4. The molecule has 5 heteroatoms. The second kappa shape index (κ2) is 5.90. The first-order valence-electron chi connectivity index (χ1n) is 7.40. The summed E-state index contributed by atoms with van der Waals surface area (Å²) in [5.41, 5.74) is -0.953. The molecule has 19 heavy (non-hydrogen) atoms. The normalized spacial score (nSPS) is 31.4. The average molecular weight is 268 g/mol. The van der Waals surface area contributed by atoms with Crippen molar-refractivity contribution in [1.82, 2.24) is 10.2 Å². The Hall–Kier alpha value is -1.10. The Balaban J connectivity index is 2.16. The number of amides is 1. The maximum Gasteiger partial charge on any atom is 0.329 e. The Kier molecular flexibility index (Phi) is 4.45. The number of carbonyl (C=O) groups is 2. The lowest BCUT2D eigenvalue weighted by molar-refractivity contribution is -0.158. The minimum absolute atomic E-state index is 0.00644. The van der Waals surface area contributed by atoms with Gasteiger partial charge in [-0.1, -0.05) is 19.8 Å². The van der Waals surface area contributed by atoms with Crippen LogP contribution < -0.4 is 5.32 Å². The maximum atomic E-state index is 12.6. The van der Waals surface area contributed by atoms with Crippen LogP contribution in [0.3, 0.4) is 0 Å². The third-order valence-electron chi connectivity index (χ3n) is 4.42. The number of hydrogen-bond acceptors (Lipinski definition) is 3. The van der Waals surface area contributed by atoms with E-state index in [1.54, 1.807) is 4.90 Å². The first-order chi connectivity index (χ1) is 9.12. The molecule has 0 radical (unpaired) electrons. The molecule has 2 rings (SSSR count). The van der Waals surface area contributed by atoms with Gasteiger partial charge in [0.15, 0.2) is 0 Å².